The molecule has 7 heteroatoms. The molecule has 0 saturated heterocycles. The van der Waals surface area contributed by atoms with E-state index in [1.54, 1.807) is 35.0 Å². The smallest absolute Gasteiger partial charge is 0.318 e. The van der Waals surface area contributed by atoms with Crippen LogP contribution >= 0.6 is 0 Å². The van der Waals surface area contributed by atoms with Crippen LogP contribution in [0.25, 0.3) is 5.57 Å². The lowest BCUT2D eigenvalue weighted by Crippen LogP contribution is -2.44. The first-order chi connectivity index (χ1) is 12.6. The molecule has 1 N–H and O–H groups in total. The van der Waals surface area contributed by atoms with Crippen LogP contribution in [0.15, 0.2) is 42.6 Å². The summed E-state index contributed by atoms with van der Waals surface area (Å²) >= 11 is 0. The molecular weight excluding hydrogens is 335 g/mol. The lowest BCUT2D eigenvalue weighted by atomic mass is 10.00. The number of nitrogens with one attached hydrogen (secondary N) is 1. The molecule has 1 aromatic heterocycles. The fraction of sp³-hybridized carbons (Fsp3) is 0.368. The van der Waals surface area contributed by atoms with Crippen molar-refractivity contribution >= 4 is 11.6 Å². The Kier molecular flexibility index (Phi) is 5.68. The quantitative estimate of drug-likeness (QED) is 0.894. The third kappa shape index (κ3) is 4.11. The molecule has 1 aromatic carbocycles. The number of hydrogen-bond donors (Lipinski definition) is 1. The SMILES string of the molecule is COCC(NC(=O)N1CC=C(c2ccc(F)cc2)CC1)c1ccnn1C. The van der Waals surface area contributed by atoms with E-state index in [1.165, 1.54) is 12.1 Å². The van der Waals surface area contributed by atoms with Gasteiger partial charge in [0.1, 0.15) is 5.82 Å². The van der Waals surface area contributed by atoms with Gasteiger partial charge in [-0.05, 0) is 35.8 Å². The van der Waals surface area contributed by atoms with E-state index >= 15 is 0 Å². The van der Waals surface area contributed by atoms with Gasteiger partial charge in [0.25, 0.3) is 0 Å². The molecule has 1 unspecified atom stereocenters. The standard InChI is InChI=1S/C19H23FN4O2/c1-23-18(7-10-21-23)17(13-26-2)22-19(25)24-11-8-15(9-12-24)14-3-5-16(20)6-4-14/h3-8,10,17H,9,11-13H2,1-2H3,(H,22,25). The van der Waals surface area contributed by atoms with Gasteiger partial charge in [0.2, 0.25) is 0 Å². The van der Waals surface area contributed by atoms with Gasteiger partial charge in [0.05, 0.1) is 18.3 Å². The molecular formula is C19H23FN4O2. The second-order valence-corrected chi connectivity index (χ2v) is 6.27. The summed E-state index contributed by atoms with van der Waals surface area (Å²) < 4.78 is 20.0. The summed E-state index contributed by atoms with van der Waals surface area (Å²) in [5, 5.41) is 7.16. The number of amides is 2. The molecule has 2 aromatic rings. The van der Waals surface area contributed by atoms with Crippen LogP contribution in [0.4, 0.5) is 9.18 Å². The van der Waals surface area contributed by atoms with Crippen molar-refractivity contribution in [3.63, 3.8) is 0 Å². The number of carbonyl (C=O) groups excluding carboxylic acids is 1. The molecule has 6 nitrogen and oxygen atoms in total. The third-order valence-electron chi connectivity index (χ3n) is 4.56. The molecule has 0 aliphatic carbocycles. The zero-order valence-corrected chi connectivity index (χ0v) is 15.0. The van der Waals surface area contributed by atoms with Crippen molar-refractivity contribution in [1.82, 2.24) is 20.0 Å². The van der Waals surface area contributed by atoms with Crippen molar-refractivity contribution in [2.24, 2.45) is 7.05 Å². The van der Waals surface area contributed by atoms with Crippen LogP contribution < -0.4 is 5.32 Å². The monoisotopic (exact) mass is 358 g/mol. The average Bonchev–Trinajstić information content (AvgIpc) is 3.08. The van der Waals surface area contributed by atoms with E-state index in [0.29, 0.717) is 19.7 Å². The minimum Gasteiger partial charge on any atom is -0.382 e. The minimum atomic E-state index is -0.262. The molecule has 1 atom stereocenters. The Morgan fingerprint density at radius 1 is 1.35 bits per heavy atom. The number of rotatable bonds is 5. The minimum absolute atomic E-state index is 0.136. The molecule has 0 bridgehead atoms. The highest BCUT2D eigenvalue weighted by Crippen LogP contribution is 2.23. The molecule has 0 radical (unpaired) electrons. The van der Waals surface area contributed by atoms with Gasteiger partial charge in [-0.15, -0.1) is 0 Å². The zero-order chi connectivity index (χ0) is 18.5. The summed E-state index contributed by atoms with van der Waals surface area (Å²) in [4.78, 5) is 14.4. The number of benzene rings is 1. The van der Waals surface area contributed by atoms with E-state index in [2.05, 4.69) is 10.4 Å². The fourth-order valence-electron chi connectivity index (χ4n) is 3.11. The Bertz CT molecular complexity index is 785. The molecule has 0 fully saturated rings. The summed E-state index contributed by atoms with van der Waals surface area (Å²) in [6, 6.07) is 7.93. The first kappa shape index (κ1) is 18.1. The van der Waals surface area contributed by atoms with E-state index in [1.807, 2.05) is 19.2 Å². The maximum atomic E-state index is 13.1. The highest BCUT2D eigenvalue weighted by Gasteiger charge is 2.23. The maximum Gasteiger partial charge on any atom is 0.318 e. The summed E-state index contributed by atoms with van der Waals surface area (Å²) in [5.41, 5.74) is 3.02. The van der Waals surface area contributed by atoms with Gasteiger partial charge in [0, 0.05) is 33.4 Å². The Hall–Kier alpha value is -2.67. The number of urea groups is 1. The fourth-order valence-corrected chi connectivity index (χ4v) is 3.11. The lowest BCUT2D eigenvalue weighted by Gasteiger charge is -2.29. The molecule has 26 heavy (non-hydrogen) atoms. The number of nitrogens with zero attached hydrogens (tertiary/aromatic N) is 3. The van der Waals surface area contributed by atoms with Crippen LogP contribution in [0.2, 0.25) is 0 Å². The second-order valence-electron chi connectivity index (χ2n) is 6.27. The van der Waals surface area contributed by atoms with Gasteiger partial charge in [0.15, 0.2) is 0 Å². The molecule has 2 heterocycles. The van der Waals surface area contributed by atoms with Crippen molar-refractivity contribution in [3.8, 4) is 0 Å². The van der Waals surface area contributed by atoms with E-state index in [-0.39, 0.29) is 17.9 Å². The first-order valence-corrected chi connectivity index (χ1v) is 8.55. The maximum absolute atomic E-state index is 13.1. The van der Waals surface area contributed by atoms with E-state index < -0.39 is 0 Å². The molecule has 3 rings (SSSR count). The topological polar surface area (TPSA) is 59.4 Å². The highest BCUT2D eigenvalue weighted by atomic mass is 19.1. The largest absolute Gasteiger partial charge is 0.382 e. The Balaban J connectivity index is 1.63. The lowest BCUT2D eigenvalue weighted by molar-refractivity contribution is 0.153. The first-order valence-electron chi connectivity index (χ1n) is 8.55. The molecule has 0 spiro atoms. The van der Waals surface area contributed by atoms with Crippen molar-refractivity contribution in [3.05, 3.63) is 59.7 Å². The molecule has 1 aliphatic heterocycles. The third-order valence-corrected chi connectivity index (χ3v) is 4.56. The van der Waals surface area contributed by atoms with Gasteiger partial charge in [-0.25, -0.2) is 9.18 Å². The predicted molar refractivity (Wildman–Crippen MR) is 96.9 cm³/mol. The summed E-state index contributed by atoms with van der Waals surface area (Å²) in [7, 11) is 3.44. The van der Waals surface area contributed by atoms with Gasteiger partial charge < -0.3 is 15.0 Å². The normalized spacial score (nSPS) is 15.5. The van der Waals surface area contributed by atoms with Crippen LogP contribution in [0.5, 0.6) is 0 Å². The predicted octanol–water partition coefficient (Wildman–Crippen LogP) is 2.75. The van der Waals surface area contributed by atoms with Crippen LogP contribution in [-0.2, 0) is 11.8 Å². The number of aryl methyl sites for hydroxylation is 1. The Morgan fingerprint density at radius 3 is 2.69 bits per heavy atom. The molecule has 0 saturated carbocycles. The van der Waals surface area contributed by atoms with E-state index in [9.17, 15) is 9.18 Å². The van der Waals surface area contributed by atoms with Crippen molar-refractivity contribution < 1.29 is 13.9 Å². The van der Waals surface area contributed by atoms with Gasteiger partial charge >= 0.3 is 6.03 Å². The Morgan fingerprint density at radius 2 is 2.12 bits per heavy atom. The number of aromatic nitrogens is 2. The second kappa shape index (κ2) is 8.14. The molecule has 1 aliphatic rings. The number of ether oxygens (including phenoxy) is 1. The van der Waals surface area contributed by atoms with Crippen molar-refractivity contribution in [1.29, 1.82) is 0 Å². The molecule has 2 amide bonds. The highest BCUT2D eigenvalue weighted by molar-refractivity contribution is 5.77. The average molecular weight is 358 g/mol. The number of hydrogen-bond acceptors (Lipinski definition) is 3. The van der Waals surface area contributed by atoms with Crippen molar-refractivity contribution in [2.45, 2.75) is 12.5 Å². The van der Waals surface area contributed by atoms with Gasteiger partial charge in [-0.2, -0.15) is 5.10 Å². The summed E-state index contributed by atoms with van der Waals surface area (Å²) in [5.74, 6) is -0.245. The van der Waals surface area contributed by atoms with Gasteiger partial charge in [-0.3, -0.25) is 4.68 Å². The number of carbonyl (C=O) groups is 1. The van der Waals surface area contributed by atoms with E-state index in [4.69, 9.17) is 4.74 Å². The van der Waals surface area contributed by atoms with Crippen LogP contribution in [-0.4, -0.2) is 47.5 Å². The zero-order valence-electron chi connectivity index (χ0n) is 15.0. The number of methoxy groups -OCH3 is 1. The Labute approximate surface area is 152 Å². The summed E-state index contributed by atoms with van der Waals surface area (Å²) in [6.45, 7) is 1.50. The van der Waals surface area contributed by atoms with Crippen LogP contribution in [0, 0.1) is 5.82 Å². The summed E-state index contributed by atoms with van der Waals surface area (Å²) in [6.07, 6.45) is 4.45. The molecule has 138 valence electrons. The van der Waals surface area contributed by atoms with Crippen LogP contribution in [0.1, 0.15) is 23.7 Å². The van der Waals surface area contributed by atoms with E-state index in [0.717, 1.165) is 23.3 Å². The van der Waals surface area contributed by atoms with Crippen LogP contribution in [0.3, 0.4) is 0 Å². The van der Waals surface area contributed by atoms with Crippen molar-refractivity contribution in [2.75, 3.05) is 26.8 Å². The number of halogens is 1. The van der Waals surface area contributed by atoms with Gasteiger partial charge in [-0.1, -0.05) is 18.2 Å².